The van der Waals surface area contributed by atoms with Crippen LogP contribution in [0.25, 0.3) is 0 Å². The number of benzene rings is 2. The Bertz CT molecular complexity index is 761. The minimum atomic E-state index is -0.501. The van der Waals surface area contributed by atoms with Crippen LogP contribution in [0.5, 0.6) is 5.75 Å². The van der Waals surface area contributed by atoms with Gasteiger partial charge in [0.25, 0.3) is 5.91 Å². The first-order valence-electron chi connectivity index (χ1n) is 7.61. The predicted octanol–water partition coefficient (Wildman–Crippen LogP) is 2.49. The van der Waals surface area contributed by atoms with Crippen molar-refractivity contribution in [1.82, 2.24) is 5.32 Å². The fourth-order valence-electron chi connectivity index (χ4n) is 2.59. The van der Waals surface area contributed by atoms with Gasteiger partial charge in [-0.3, -0.25) is 9.59 Å². The van der Waals surface area contributed by atoms with Gasteiger partial charge >= 0.3 is 0 Å². The Balaban J connectivity index is 1.47. The molecule has 0 aliphatic heterocycles. The highest BCUT2D eigenvalue weighted by atomic mass is 35.5. The van der Waals surface area contributed by atoms with Crippen molar-refractivity contribution >= 4 is 23.4 Å². The van der Waals surface area contributed by atoms with Crippen LogP contribution in [-0.4, -0.2) is 24.5 Å². The molecule has 2 atom stereocenters. The van der Waals surface area contributed by atoms with E-state index in [4.69, 9.17) is 22.1 Å². The molecule has 0 bridgehead atoms. The second-order valence-electron chi connectivity index (χ2n) is 5.72. The van der Waals surface area contributed by atoms with Crippen LogP contribution in [-0.2, 0) is 4.79 Å². The molecule has 3 rings (SSSR count). The van der Waals surface area contributed by atoms with Gasteiger partial charge in [-0.1, -0.05) is 29.8 Å². The number of primary amides is 1. The molecule has 5 nitrogen and oxygen atoms in total. The van der Waals surface area contributed by atoms with Crippen LogP contribution in [0.3, 0.4) is 0 Å². The summed E-state index contributed by atoms with van der Waals surface area (Å²) in [5.74, 6) is 0.0817. The number of ether oxygens (including phenoxy) is 1. The first-order valence-corrected chi connectivity index (χ1v) is 7.99. The van der Waals surface area contributed by atoms with Gasteiger partial charge in [0.1, 0.15) is 5.75 Å². The van der Waals surface area contributed by atoms with E-state index in [0.717, 1.165) is 17.0 Å². The lowest BCUT2D eigenvalue weighted by Gasteiger charge is -2.08. The van der Waals surface area contributed by atoms with Crippen molar-refractivity contribution in [3.8, 4) is 5.75 Å². The van der Waals surface area contributed by atoms with Crippen molar-refractivity contribution in [2.24, 2.45) is 5.73 Å². The Morgan fingerprint density at radius 1 is 1.17 bits per heavy atom. The molecule has 0 spiro atoms. The van der Waals surface area contributed by atoms with E-state index in [9.17, 15) is 9.59 Å². The first-order chi connectivity index (χ1) is 11.5. The van der Waals surface area contributed by atoms with E-state index in [2.05, 4.69) is 5.32 Å². The zero-order chi connectivity index (χ0) is 17.1. The topological polar surface area (TPSA) is 81.4 Å². The number of halogens is 1. The second-order valence-corrected chi connectivity index (χ2v) is 6.12. The Hall–Kier alpha value is -2.53. The molecular weight excluding hydrogens is 328 g/mol. The van der Waals surface area contributed by atoms with Crippen LogP contribution in [0.15, 0.2) is 48.5 Å². The van der Waals surface area contributed by atoms with Crippen molar-refractivity contribution in [1.29, 1.82) is 0 Å². The average Bonchev–Trinajstić information content (AvgIpc) is 3.32. The van der Waals surface area contributed by atoms with Crippen molar-refractivity contribution < 1.29 is 14.3 Å². The van der Waals surface area contributed by atoms with Crippen LogP contribution in [0.1, 0.15) is 28.3 Å². The number of hydrogen-bond donors (Lipinski definition) is 2. The number of carbonyl (C=O) groups excluding carboxylic acids is 2. The summed E-state index contributed by atoms with van der Waals surface area (Å²) in [5, 5.41) is 3.66. The van der Waals surface area contributed by atoms with E-state index < -0.39 is 5.91 Å². The van der Waals surface area contributed by atoms with Gasteiger partial charge in [-0.2, -0.15) is 0 Å². The van der Waals surface area contributed by atoms with E-state index in [1.807, 2.05) is 24.3 Å². The minimum absolute atomic E-state index is 0.0817. The monoisotopic (exact) mass is 344 g/mol. The van der Waals surface area contributed by atoms with Crippen LogP contribution >= 0.6 is 11.6 Å². The number of nitrogens with two attached hydrogens (primary N) is 1. The van der Waals surface area contributed by atoms with Gasteiger partial charge in [0.15, 0.2) is 6.61 Å². The largest absolute Gasteiger partial charge is 0.484 e. The summed E-state index contributed by atoms with van der Waals surface area (Å²) in [6, 6.07) is 14.1. The SMILES string of the molecule is NC(=O)c1ccc(OCC(=O)N[C@@H]2C[C@H]2c2ccccc2Cl)cc1. The molecule has 24 heavy (non-hydrogen) atoms. The lowest BCUT2D eigenvalue weighted by Crippen LogP contribution is -2.31. The van der Waals surface area contributed by atoms with Gasteiger partial charge in [0.05, 0.1) is 0 Å². The molecule has 0 radical (unpaired) electrons. The molecule has 3 N–H and O–H groups in total. The molecule has 2 aromatic carbocycles. The van der Waals surface area contributed by atoms with Gasteiger partial charge in [-0.25, -0.2) is 0 Å². The molecule has 0 heterocycles. The predicted molar refractivity (Wildman–Crippen MR) is 91.2 cm³/mol. The van der Waals surface area contributed by atoms with Crippen LogP contribution in [0.4, 0.5) is 0 Å². The number of carbonyl (C=O) groups is 2. The lowest BCUT2D eigenvalue weighted by atomic mass is 10.1. The van der Waals surface area contributed by atoms with Crippen molar-refractivity contribution in [2.45, 2.75) is 18.4 Å². The Morgan fingerprint density at radius 3 is 2.54 bits per heavy atom. The third-order valence-corrected chi connectivity index (χ3v) is 4.29. The normalized spacial score (nSPS) is 18.7. The Morgan fingerprint density at radius 2 is 1.88 bits per heavy atom. The number of hydrogen-bond acceptors (Lipinski definition) is 3. The number of rotatable bonds is 6. The van der Waals surface area contributed by atoms with E-state index in [0.29, 0.717) is 11.3 Å². The third kappa shape index (κ3) is 3.86. The van der Waals surface area contributed by atoms with Crippen LogP contribution in [0, 0.1) is 0 Å². The second kappa shape index (κ2) is 6.93. The zero-order valence-corrected chi connectivity index (χ0v) is 13.6. The average molecular weight is 345 g/mol. The molecule has 2 amide bonds. The number of nitrogens with one attached hydrogen (secondary N) is 1. The van der Waals surface area contributed by atoms with Crippen molar-refractivity contribution in [3.05, 3.63) is 64.7 Å². The summed E-state index contributed by atoms with van der Waals surface area (Å²) < 4.78 is 5.41. The van der Waals surface area contributed by atoms with Gasteiger partial charge in [-0.05, 0) is 42.3 Å². The Kier molecular flexibility index (Phi) is 4.71. The summed E-state index contributed by atoms with van der Waals surface area (Å²) >= 11 is 6.17. The van der Waals surface area contributed by atoms with Crippen LogP contribution < -0.4 is 15.8 Å². The molecule has 6 heteroatoms. The molecule has 0 unspecified atom stereocenters. The lowest BCUT2D eigenvalue weighted by molar-refractivity contribution is -0.123. The maximum Gasteiger partial charge on any atom is 0.258 e. The molecule has 1 saturated carbocycles. The fourth-order valence-corrected chi connectivity index (χ4v) is 2.86. The van der Waals surface area contributed by atoms with Gasteiger partial charge in [-0.15, -0.1) is 0 Å². The molecule has 2 aromatic rings. The van der Waals surface area contributed by atoms with Gasteiger partial charge < -0.3 is 15.8 Å². The molecule has 0 aromatic heterocycles. The van der Waals surface area contributed by atoms with E-state index in [1.165, 1.54) is 0 Å². The quantitative estimate of drug-likeness (QED) is 0.844. The molecule has 124 valence electrons. The maximum atomic E-state index is 12.0. The number of amides is 2. The summed E-state index contributed by atoms with van der Waals surface area (Å²) in [4.78, 5) is 22.9. The van der Waals surface area contributed by atoms with E-state index >= 15 is 0 Å². The molecule has 1 aliphatic rings. The zero-order valence-electron chi connectivity index (χ0n) is 12.9. The highest BCUT2D eigenvalue weighted by Gasteiger charge is 2.40. The van der Waals surface area contributed by atoms with Gasteiger partial charge in [0, 0.05) is 22.5 Å². The summed E-state index contributed by atoms with van der Waals surface area (Å²) in [6.45, 7) is -0.0817. The highest BCUT2D eigenvalue weighted by Crippen LogP contribution is 2.43. The third-order valence-electron chi connectivity index (χ3n) is 3.95. The maximum absolute atomic E-state index is 12.0. The van der Waals surface area contributed by atoms with E-state index in [1.54, 1.807) is 24.3 Å². The van der Waals surface area contributed by atoms with Crippen molar-refractivity contribution in [3.63, 3.8) is 0 Å². The molecular formula is C18H17ClN2O3. The van der Waals surface area contributed by atoms with E-state index in [-0.39, 0.29) is 24.5 Å². The standard InChI is InChI=1S/C18H17ClN2O3/c19-15-4-2-1-3-13(15)14-9-16(14)21-17(22)10-24-12-7-5-11(6-8-12)18(20)23/h1-8,14,16H,9-10H2,(H2,20,23)(H,21,22)/t14-,16+/m0/s1. The minimum Gasteiger partial charge on any atom is -0.484 e. The summed E-state index contributed by atoms with van der Waals surface area (Å²) in [6.07, 6.45) is 0.878. The molecule has 1 aliphatic carbocycles. The van der Waals surface area contributed by atoms with Crippen molar-refractivity contribution in [2.75, 3.05) is 6.61 Å². The van der Waals surface area contributed by atoms with Gasteiger partial charge in [0.2, 0.25) is 5.91 Å². The highest BCUT2D eigenvalue weighted by molar-refractivity contribution is 6.31. The summed E-state index contributed by atoms with van der Waals surface area (Å²) in [7, 11) is 0. The van der Waals surface area contributed by atoms with Crippen LogP contribution in [0.2, 0.25) is 5.02 Å². The Labute approximate surface area is 144 Å². The smallest absolute Gasteiger partial charge is 0.258 e. The first kappa shape index (κ1) is 16.3. The molecule has 0 saturated heterocycles. The molecule has 1 fully saturated rings. The fraction of sp³-hybridized carbons (Fsp3) is 0.222. The summed E-state index contributed by atoms with van der Waals surface area (Å²) in [5.41, 5.74) is 6.62.